The number of halogens is 1. The van der Waals surface area contributed by atoms with Crippen LogP contribution >= 0.6 is 0 Å². The lowest BCUT2D eigenvalue weighted by atomic mass is 9.89. The van der Waals surface area contributed by atoms with Crippen LogP contribution in [0.25, 0.3) is 0 Å². The van der Waals surface area contributed by atoms with Crippen LogP contribution in [0.1, 0.15) is 45.0 Å². The third-order valence-corrected chi connectivity index (χ3v) is 6.80. The Bertz CT molecular complexity index is 1440. The molecule has 0 saturated carbocycles. The fourth-order valence-corrected chi connectivity index (χ4v) is 4.67. The number of hydrogen-bond donors (Lipinski definition) is 1. The lowest BCUT2D eigenvalue weighted by molar-refractivity contribution is 0.0713. The van der Waals surface area contributed by atoms with Crippen molar-refractivity contribution < 1.29 is 23.5 Å². The number of likely N-dealkylation sites (tertiary alicyclic amines) is 1. The van der Waals surface area contributed by atoms with Crippen molar-refractivity contribution in [2.75, 3.05) is 25.5 Å². The van der Waals surface area contributed by atoms with Crippen molar-refractivity contribution in [2.24, 2.45) is 0 Å². The van der Waals surface area contributed by atoms with Crippen LogP contribution in [0.5, 0.6) is 17.4 Å². The maximum atomic E-state index is 14.3. The Morgan fingerprint density at radius 3 is 2.23 bits per heavy atom. The van der Waals surface area contributed by atoms with E-state index in [1.807, 2.05) is 59.5 Å². The smallest absolute Gasteiger partial charge is 0.258 e. The molecule has 198 valence electrons. The molecule has 8 heteroatoms. The Kier molecular flexibility index (Phi) is 7.82. The van der Waals surface area contributed by atoms with Crippen LogP contribution in [-0.4, -0.2) is 41.9 Å². The number of methoxy groups -OCH3 is 1. The van der Waals surface area contributed by atoms with Gasteiger partial charge >= 0.3 is 0 Å². The van der Waals surface area contributed by atoms with Gasteiger partial charge < -0.3 is 19.7 Å². The molecule has 3 aromatic carbocycles. The van der Waals surface area contributed by atoms with Crippen molar-refractivity contribution in [1.29, 1.82) is 0 Å². The monoisotopic (exact) mass is 525 g/mol. The zero-order valence-corrected chi connectivity index (χ0v) is 21.5. The maximum Gasteiger partial charge on any atom is 0.258 e. The first-order valence-corrected chi connectivity index (χ1v) is 12.7. The zero-order chi connectivity index (χ0) is 27.2. The number of nitrogens with one attached hydrogen (secondary N) is 1. The lowest BCUT2D eigenvalue weighted by Gasteiger charge is -2.32. The highest BCUT2D eigenvalue weighted by molar-refractivity contribution is 6.04. The number of hydrogen-bond acceptors (Lipinski definition) is 5. The standard InChI is InChI=1S/C31H28FN3O4/c1-38-30-28(32)27(15-18-33-30)29(36)34-24-11-7-21(8-12-24)22-16-19-35(20-17-22)31(37)23-9-13-26(14-10-23)39-25-5-3-2-4-6-25/h2-15,18,22H,16-17,19-20H2,1H3,(H,34,36). The Morgan fingerprint density at radius 2 is 1.56 bits per heavy atom. The van der Waals surface area contributed by atoms with Crippen molar-refractivity contribution in [3.05, 3.63) is 114 Å². The van der Waals surface area contributed by atoms with Crippen LogP contribution in [0.15, 0.2) is 91.1 Å². The second kappa shape index (κ2) is 11.8. The fraction of sp³-hybridized carbons (Fsp3) is 0.194. The number of rotatable bonds is 7. The number of nitrogens with zero attached hydrogens (tertiary/aromatic N) is 2. The third-order valence-electron chi connectivity index (χ3n) is 6.80. The van der Waals surface area contributed by atoms with Crippen molar-refractivity contribution in [3.8, 4) is 17.4 Å². The van der Waals surface area contributed by atoms with Gasteiger partial charge in [-0.05, 0) is 78.9 Å². The molecule has 7 nitrogen and oxygen atoms in total. The van der Waals surface area contributed by atoms with Gasteiger partial charge in [0.2, 0.25) is 0 Å². The molecular formula is C31H28FN3O4. The molecule has 5 rings (SSSR count). The molecule has 0 bridgehead atoms. The summed E-state index contributed by atoms with van der Waals surface area (Å²) in [4.78, 5) is 31.2. The predicted octanol–water partition coefficient (Wildman–Crippen LogP) is 6.29. The quantitative estimate of drug-likeness (QED) is 0.307. The van der Waals surface area contributed by atoms with Crippen LogP contribution in [0.2, 0.25) is 0 Å². The number of ether oxygens (including phenoxy) is 2. The molecule has 1 aliphatic rings. The minimum Gasteiger partial charge on any atom is -0.479 e. The molecule has 1 fully saturated rings. The number of aromatic nitrogens is 1. The molecule has 0 aliphatic carbocycles. The SMILES string of the molecule is COc1nccc(C(=O)Nc2ccc(C3CCN(C(=O)c4ccc(Oc5ccccc5)cc4)CC3)cc2)c1F. The van der Waals surface area contributed by atoms with Crippen LogP contribution in [0, 0.1) is 5.82 Å². The number of anilines is 1. The molecule has 1 saturated heterocycles. The average Bonchev–Trinajstić information content (AvgIpc) is 2.98. The van der Waals surface area contributed by atoms with E-state index in [4.69, 9.17) is 9.47 Å². The van der Waals surface area contributed by atoms with E-state index in [-0.39, 0.29) is 17.4 Å². The van der Waals surface area contributed by atoms with Gasteiger partial charge in [-0.2, -0.15) is 0 Å². The van der Waals surface area contributed by atoms with Gasteiger partial charge in [-0.1, -0.05) is 30.3 Å². The predicted molar refractivity (Wildman–Crippen MR) is 146 cm³/mol. The molecule has 2 heterocycles. The third kappa shape index (κ3) is 6.06. The largest absolute Gasteiger partial charge is 0.479 e. The molecule has 0 spiro atoms. The Labute approximate surface area is 226 Å². The lowest BCUT2D eigenvalue weighted by Crippen LogP contribution is -2.37. The van der Waals surface area contributed by atoms with Crippen molar-refractivity contribution >= 4 is 17.5 Å². The molecule has 1 aliphatic heterocycles. The Hall–Kier alpha value is -4.72. The van der Waals surface area contributed by atoms with Gasteiger partial charge in [0.05, 0.1) is 12.7 Å². The van der Waals surface area contributed by atoms with E-state index >= 15 is 0 Å². The number of carbonyl (C=O) groups excluding carboxylic acids is 2. The number of amides is 2. The molecule has 1 aromatic heterocycles. The van der Waals surface area contributed by atoms with Crippen molar-refractivity contribution in [3.63, 3.8) is 0 Å². The van der Waals surface area contributed by atoms with Gasteiger partial charge in [-0.3, -0.25) is 9.59 Å². The summed E-state index contributed by atoms with van der Waals surface area (Å²) in [6.07, 6.45) is 3.01. The summed E-state index contributed by atoms with van der Waals surface area (Å²) in [7, 11) is 1.30. The summed E-state index contributed by atoms with van der Waals surface area (Å²) in [5.41, 5.74) is 2.20. The number of para-hydroxylation sites is 1. The summed E-state index contributed by atoms with van der Waals surface area (Å²) in [6.45, 7) is 1.32. The van der Waals surface area contributed by atoms with Gasteiger partial charge in [-0.15, -0.1) is 0 Å². The average molecular weight is 526 g/mol. The number of carbonyl (C=O) groups is 2. The summed E-state index contributed by atoms with van der Waals surface area (Å²) >= 11 is 0. The minimum absolute atomic E-state index is 0.0118. The van der Waals surface area contributed by atoms with Gasteiger partial charge in [0.1, 0.15) is 11.5 Å². The first-order chi connectivity index (χ1) is 19.0. The van der Waals surface area contributed by atoms with Crippen LogP contribution in [-0.2, 0) is 0 Å². The molecule has 39 heavy (non-hydrogen) atoms. The second-order valence-corrected chi connectivity index (χ2v) is 9.26. The minimum atomic E-state index is -0.799. The highest BCUT2D eigenvalue weighted by atomic mass is 19.1. The normalized spacial score (nSPS) is 13.5. The molecule has 0 unspecified atom stereocenters. The van der Waals surface area contributed by atoms with E-state index in [1.165, 1.54) is 19.4 Å². The molecule has 2 amide bonds. The number of benzene rings is 3. The Balaban J connectivity index is 1.14. The highest BCUT2D eigenvalue weighted by Crippen LogP contribution is 2.30. The second-order valence-electron chi connectivity index (χ2n) is 9.26. The van der Waals surface area contributed by atoms with Gasteiger partial charge in [0.25, 0.3) is 17.7 Å². The van der Waals surface area contributed by atoms with Crippen LogP contribution < -0.4 is 14.8 Å². The fourth-order valence-electron chi connectivity index (χ4n) is 4.67. The summed E-state index contributed by atoms with van der Waals surface area (Å²) < 4.78 is 25.0. The van der Waals surface area contributed by atoms with Crippen molar-refractivity contribution in [2.45, 2.75) is 18.8 Å². The topological polar surface area (TPSA) is 80.8 Å². The number of piperidine rings is 1. The summed E-state index contributed by atoms with van der Waals surface area (Å²) in [5, 5.41) is 2.71. The van der Waals surface area contributed by atoms with Crippen LogP contribution in [0.4, 0.5) is 10.1 Å². The molecule has 0 atom stereocenters. The highest BCUT2D eigenvalue weighted by Gasteiger charge is 2.25. The van der Waals surface area contributed by atoms with E-state index in [9.17, 15) is 14.0 Å². The zero-order valence-electron chi connectivity index (χ0n) is 21.5. The summed E-state index contributed by atoms with van der Waals surface area (Å²) in [6, 6.07) is 25.6. The van der Waals surface area contributed by atoms with Crippen LogP contribution in [0.3, 0.4) is 0 Å². The number of pyridine rings is 1. The van der Waals surface area contributed by atoms with Gasteiger partial charge in [-0.25, -0.2) is 9.37 Å². The molecule has 0 radical (unpaired) electrons. The van der Waals surface area contributed by atoms with E-state index in [0.29, 0.717) is 36.0 Å². The van der Waals surface area contributed by atoms with E-state index in [2.05, 4.69) is 10.3 Å². The van der Waals surface area contributed by atoms with E-state index < -0.39 is 11.7 Å². The van der Waals surface area contributed by atoms with E-state index in [0.717, 1.165) is 24.2 Å². The first kappa shape index (κ1) is 25.9. The van der Waals surface area contributed by atoms with Gasteiger partial charge in [0.15, 0.2) is 5.82 Å². The van der Waals surface area contributed by atoms with Gasteiger partial charge in [0, 0.05) is 30.5 Å². The Morgan fingerprint density at radius 1 is 0.897 bits per heavy atom. The van der Waals surface area contributed by atoms with E-state index in [1.54, 1.807) is 24.3 Å². The molecular weight excluding hydrogens is 497 g/mol. The molecule has 4 aromatic rings. The van der Waals surface area contributed by atoms with Crippen molar-refractivity contribution in [1.82, 2.24) is 9.88 Å². The maximum absolute atomic E-state index is 14.3. The molecule has 1 N–H and O–H groups in total. The first-order valence-electron chi connectivity index (χ1n) is 12.7. The summed E-state index contributed by atoms with van der Waals surface area (Å²) in [5.74, 6) is 0.149.